The van der Waals surface area contributed by atoms with E-state index in [2.05, 4.69) is 52.5 Å². The summed E-state index contributed by atoms with van der Waals surface area (Å²) in [4.78, 5) is 9.96. The second kappa shape index (κ2) is 14.9. The molecule has 0 amide bonds. The molecule has 7 nitrogen and oxygen atoms in total. The number of likely N-dealkylation sites (tertiary alicyclic amines) is 1. The van der Waals surface area contributed by atoms with Crippen LogP contribution in [-0.4, -0.2) is 87.9 Å². The van der Waals surface area contributed by atoms with Crippen molar-refractivity contribution in [1.82, 2.24) is 20.4 Å². The molecule has 3 rings (SSSR count). The second-order valence-corrected chi connectivity index (χ2v) is 8.45. The number of nitrogens with one attached hydrogen (secondary N) is 2. The van der Waals surface area contributed by atoms with E-state index in [1.54, 1.807) is 7.11 Å². The summed E-state index contributed by atoms with van der Waals surface area (Å²) in [6.45, 7) is 12.7. The number of morpholine rings is 1. The third-order valence-corrected chi connectivity index (χ3v) is 6.32. The molecule has 2 unspecified atom stereocenters. The zero-order valence-corrected chi connectivity index (χ0v) is 22.3. The summed E-state index contributed by atoms with van der Waals surface area (Å²) < 4.78 is 11.2. The van der Waals surface area contributed by atoms with Crippen LogP contribution in [0.4, 0.5) is 0 Å². The number of halogens is 1. The normalized spacial score (nSPS) is 20.2. The van der Waals surface area contributed by atoms with Crippen LogP contribution in [0.25, 0.3) is 0 Å². The lowest BCUT2D eigenvalue weighted by molar-refractivity contribution is 0.0220. The van der Waals surface area contributed by atoms with E-state index in [-0.39, 0.29) is 30.0 Å². The minimum Gasteiger partial charge on any atom is -0.496 e. The van der Waals surface area contributed by atoms with Crippen molar-refractivity contribution in [3.8, 4) is 5.75 Å². The topological polar surface area (TPSA) is 61.4 Å². The number of aliphatic imine (C=N–C) groups is 1. The monoisotopic (exact) mass is 559 g/mol. The maximum absolute atomic E-state index is 5.70. The maximum atomic E-state index is 5.70. The van der Waals surface area contributed by atoms with Crippen molar-refractivity contribution in [1.29, 1.82) is 0 Å². The van der Waals surface area contributed by atoms with Crippen molar-refractivity contribution in [2.45, 2.75) is 45.2 Å². The Kier molecular flexibility index (Phi) is 12.7. The van der Waals surface area contributed by atoms with Gasteiger partial charge in [0.05, 0.1) is 32.9 Å². The van der Waals surface area contributed by atoms with E-state index in [1.165, 1.54) is 24.8 Å². The van der Waals surface area contributed by atoms with E-state index in [9.17, 15) is 0 Å². The Labute approximate surface area is 211 Å². The Hall–Kier alpha value is -1.10. The van der Waals surface area contributed by atoms with Gasteiger partial charge in [-0.2, -0.15) is 0 Å². The van der Waals surface area contributed by atoms with E-state index in [0.717, 1.165) is 70.7 Å². The van der Waals surface area contributed by atoms with Crippen molar-refractivity contribution < 1.29 is 9.47 Å². The van der Waals surface area contributed by atoms with Crippen LogP contribution in [0.2, 0.25) is 0 Å². The van der Waals surface area contributed by atoms with Gasteiger partial charge in [-0.1, -0.05) is 24.6 Å². The highest BCUT2D eigenvalue weighted by atomic mass is 127. The molecule has 1 aromatic rings. The van der Waals surface area contributed by atoms with Gasteiger partial charge in [-0.25, -0.2) is 0 Å². The van der Waals surface area contributed by atoms with Gasteiger partial charge < -0.3 is 20.1 Å². The summed E-state index contributed by atoms with van der Waals surface area (Å²) >= 11 is 0. The number of methoxy groups -OCH3 is 1. The molecular weight excluding hydrogens is 517 g/mol. The lowest BCUT2D eigenvalue weighted by atomic mass is 10.0. The Bertz CT molecular complexity index is 678. The van der Waals surface area contributed by atoms with Crippen molar-refractivity contribution in [3.63, 3.8) is 0 Å². The molecule has 2 aliphatic heterocycles. The van der Waals surface area contributed by atoms with Crippen LogP contribution in [0, 0.1) is 0 Å². The Morgan fingerprint density at radius 2 is 1.78 bits per heavy atom. The second-order valence-electron chi connectivity index (χ2n) is 8.45. The number of para-hydroxylation sites is 1. The Morgan fingerprint density at radius 1 is 1.06 bits per heavy atom. The van der Waals surface area contributed by atoms with Crippen LogP contribution in [0.5, 0.6) is 5.75 Å². The van der Waals surface area contributed by atoms with Crippen LogP contribution < -0.4 is 15.4 Å². The van der Waals surface area contributed by atoms with Gasteiger partial charge in [0.25, 0.3) is 0 Å². The molecule has 0 saturated carbocycles. The smallest absolute Gasteiger partial charge is 0.191 e. The van der Waals surface area contributed by atoms with Crippen LogP contribution in [0.1, 0.15) is 44.7 Å². The first-order chi connectivity index (χ1) is 15.2. The molecule has 2 heterocycles. The molecule has 0 spiro atoms. The van der Waals surface area contributed by atoms with Crippen LogP contribution in [-0.2, 0) is 4.74 Å². The number of benzene rings is 1. The van der Waals surface area contributed by atoms with E-state index in [0.29, 0.717) is 6.04 Å². The number of nitrogens with zero attached hydrogens (tertiary/aromatic N) is 3. The lowest BCUT2D eigenvalue weighted by Crippen LogP contribution is -2.46. The highest BCUT2D eigenvalue weighted by Crippen LogP contribution is 2.30. The number of guanidine groups is 1. The summed E-state index contributed by atoms with van der Waals surface area (Å²) in [5, 5.41) is 7.05. The van der Waals surface area contributed by atoms with Crippen molar-refractivity contribution in [2.24, 2.45) is 4.99 Å². The highest BCUT2D eigenvalue weighted by molar-refractivity contribution is 14.0. The first-order valence-electron chi connectivity index (χ1n) is 11.9. The maximum Gasteiger partial charge on any atom is 0.191 e. The molecule has 0 aliphatic carbocycles. The predicted octanol–water partition coefficient (Wildman–Crippen LogP) is 3.12. The molecule has 0 bridgehead atoms. The summed E-state index contributed by atoms with van der Waals surface area (Å²) in [6.07, 6.45) is 3.85. The SMILES string of the molecule is CCNC(=NCC(C)N1CCOCC1)NCC(c1ccccc1OC)N1CCCCC1.I. The standard InChI is InChI=1S/C24H41N5O2.HI/c1-4-25-24(26-18-20(2)28-14-16-31-17-15-28)27-19-22(29-12-8-5-9-13-29)21-10-6-7-11-23(21)30-3;/h6-7,10-11,20,22H,4-5,8-9,12-19H2,1-3H3,(H2,25,26,27);1H. The molecule has 2 fully saturated rings. The van der Waals surface area contributed by atoms with E-state index in [1.807, 2.05) is 6.07 Å². The molecule has 32 heavy (non-hydrogen) atoms. The molecule has 8 heteroatoms. The molecule has 0 aromatic heterocycles. The van der Waals surface area contributed by atoms with Gasteiger partial charge in [-0.15, -0.1) is 24.0 Å². The Balaban J connectivity index is 0.00000363. The number of rotatable bonds is 9. The van der Waals surface area contributed by atoms with Crippen molar-refractivity contribution >= 4 is 29.9 Å². The summed E-state index contributed by atoms with van der Waals surface area (Å²) in [7, 11) is 1.76. The summed E-state index contributed by atoms with van der Waals surface area (Å²) in [5.74, 6) is 1.85. The first kappa shape index (κ1) is 27.1. The predicted molar refractivity (Wildman–Crippen MR) is 142 cm³/mol. The van der Waals surface area contributed by atoms with E-state index < -0.39 is 0 Å². The number of hydrogen-bond acceptors (Lipinski definition) is 5. The third kappa shape index (κ3) is 8.04. The Morgan fingerprint density at radius 3 is 2.47 bits per heavy atom. The minimum atomic E-state index is 0. The quantitative estimate of drug-likeness (QED) is 0.276. The lowest BCUT2D eigenvalue weighted by Gasteiger charge is -2.36. The zero-order valence-electron chi connectivity index (χ0n) is 20.0. The summed E-state index contributed by atoms with van der Waals surface area (Å²) in [6, 6.07) is 9.09. The molecule has 2 saturated heterocycles. The molecule has 2 atom stereocenters. The third-order valence-electron chi connectivity index (χ3n) is 6.32. The van der Waals surface area contributed by atoms with Gasteiger partial charge in [0.1, 0.15) is 5.75 Å². The molecule has 2 N–H and O–H groups in total. The van der Waals surface area contributed by atoms with E-state index >= 15 is 0 Å². The molecule has 2 aliphatic rings. The van der Waals surface area contributed by atoms with Gasteiger partial charge in [0.2, 0.25) is 0 Å². The van der Waals surface area contributed by atoms with Crippen molar-refractivity contribution in [2.75, 3.05) is 66.1 Å². The number of piperidine rings is 1. The van der Waals surface area contributed by atoms with Gasteiger partial charge in [-0.3, -0.25) is 14.8 Å². The average Bonchev–Trinajstić information content (AvgIpc) is 2.84. The van der Waals surface area contributed by atoms with Crippen molar-refractivity contribution in [3.05, 3.63) is 29.8 Å². The minimum absolute atomic E-state index is 0. The molecule has 182 valence electrons. The zero-order chi connectivity index (χ0) is 21.9. The molecule has 0 radical (unpaired) electrons. The fraction of sp³-hybridized carbons (Fsp3) is 0.708. The van der Waals surface area contributed by atoms with E-state index in [4.69, 9.17) is 14.5 Å². The fourth-order valence-electron chi connectivity index (χ4n) is 4.50. The number of ether oxygens (including phenoxy) is 2. The first-order valence-corrected chi connectivity index (χ1v) is 11.9. The highest BCUT2D eigenvalue weighted by Gasteiger charge is 2.25. The van der Waals surface area contributed by atoms with Gasteiger partial charge in [-0.05, 0) is 45.8 Å². The van der Waals surface area contributed by atoms with Gasteiger partial charge in [0.15, 0.2) is 5.96 Å². The fourth-order valence-corrected chi connectivity index (χ4v) is 4.50. The summed E-state index contributed by atoms with van der Waals surface area (Å²) in [5.41, 5.74) is 1.25. The number of hydrogen-bond donors (Lipinski definition) is 2. The largest absolute Gasteiger partial charge is 0.496 e. The average molecular weight is 560 g/mol. The van der Waals surface area contributed by atoms with Crippen LogP contribution in [0.3, 0.4) is 0 Å². The van der Waals surface area contributed by atoms with Crippen LogP contribution >= 0.6 is 24.0 Å². The van der Waals surface area contributed by atoms with Crippen LogP contribution in [0.15, 0.2) is 29.3 Å². The van der Waals surface area contributed by atoms with Gasteiger partial charge >= 0.3 is 0 Å². The molecular formula is C24H42IN5O2. The molecule has 1 aromatic carbocycles. The van der Waals surface area contributed by atoms with Gasteiger partial charge in [0, 0.05) is 37.8 Å².